The molecule has 2 unspecified atom stereocenters. The minimum Gasteiger partial charge on any atom is -0.369 e. The summed E-state index contributed by atoms with van der Waals surface area (Å²) in [4.78, 5) is 23.1. The normalized spacial score (nSPS) is 22.5. The van der Waals surface area contributed by atoms with Crippen molar-refractivity contribution in [1.29, 1.82) is 0 Å². The van der Waals surface area contributed by atoms with E-state index in [1.54, 1.807) is 0 Å². The minimum absolute atomic E-state index is 0.410. The predicted molar refractivity (Wildman–Crippen MR) is 60.7 cm³/mol. The van der Waals surface area contributed by atoms with E-state index in [9.17, 15) is 9.59 Å². The first-order valence-electron chi connectivity index (χ1n) is 4.70. The van der Waals surface area contributed by atoms with Crippen molar-refractivity contribution in [2.24, 2.45) is 11.5 Å². The second-order valence-electron chi connectivity index (χ2n) is 3.46. The molecule has 1 aliphatic rings. The van der Waals surface area contributed by atoms with Gasteiger partial charge in [0.1, 0.15) is 0 Å². The summed E-state index contributed by atoms with van der Waals surface area (Å²) in [6.45, 7) is 0. The molecule has 0 aromatic heterocycles. The molecule has 2 rings (SSSR count). The second-order valence-corrected chi connectivity index (χ2v) is 4.65. The van der Waals surface area contributed by atoms with Crippen molar-refractivity contribution in [3.8, 4) is 0 Å². The van der Waals surface area contributed by atoms with Crippen molar-refractivity contribution in [1.82, 2.24) is 5.32 Å². The molecule has 0 saturated heterocycles. The molecule has 84 valence electrons. The summed E-state index contributed by atoms with van der Waals surface area (Å²) in [6.07, 6.45) is 0. The van der Waals surface area contributed by atoms with E-state index in [0.29, 0.717) is 0 Å². The largest absolute Gasteiger partial charge is 0.369 e. The number of nitrogens with one attached hydrogen (secondary N) is 1. The highest BCUT2D eigenvalue weighted by Crippen LogP contribution is 2.43. The van der Waals surface area contributed by atoms with Crippen LogP contribution < -0.4 is 16.8 Å². The zero-order valence-corrected chi connectivity index (χ0v) is 9.16. The number of hydrogen-bond donors (Lipinski definition) is 3. The molecule has 0 spiro atoms. The SMILES string of the molecule is NC(=O)NC1Sc2ccccc2C1C(N)=O. The number of carbonyl (C=O) groups is 2. The molecule has 0 radical (unpaired) electrons. The van der Waals surface area contributed by atoms with Crippen molar-refractivity contribution in [3.05, 3.63) is 29.8 Å². The average molecular weight is 237 g/mol. The predicted octanol–water partition coefficient (Wildman–Crippen LogP) is 0.356. The topological polar surface area (TPSA) is 98.2 Å². The molecule has 6 heteroatoms. The second kappa shape index (κ2) is 4.05. The average Bonchev–Trinajstić information content (AvgIpc) is 2.53. The molecule has 1 aromatic carbocycles. The molecule has 1 heterocycles. The van der Waals surface area contributed by atoms with Gasteiger partial charge >= 0.3 is 6.03 Å². The standard InChI is InChI=1S/C10H11N3O2S/c11-8(14)7-5-3-1-2-4-6(5)16-9(7)13-10(12)15/h1-4,7,9H,(H2,11,14)(H3,12,13,15). The van der Waals surface area contributed by atoms with E-state index < -0.39 is 23.2 Å². The number of fused-ring (bicyclic) bond motifs is 1. The fourth-order valence-electron chi connectivity index (χ4n) is 1.77. The van der Waals surface area contributed by atoms with Gasteiger partial charge in [-0.1, -0.05) is 30.0 Å². The number of carbonyl (C=O) groups excluding carboxylic acids is 2. The maximum absolute atomic E-state index is 11.4. The Balaban J connectivity index is 2.33. The molecule has 3 amide bonds. The Bertz CT molecular complexity index is 449. The van der Waals surface area contributed by atoms with E-state index in [1.807, 2.05) is 24.3 Å². The highest BCUT2D eigenvalue weighted by molar-refractivity contribution is 8.00. The number of rotatable bonds is 2. The van der Waals surface area contributed by atoms with Crippen molar-refractivity contribution in [3.63, 3.8) is 0 Å². The summed E-state index contributed by atoms with van der Waals surface area (Å²) in [5.74, 6) is -0.982. The molecule has 2 atom stereocenters. The Labute approximate surface area is 96.6 Å². The van der Waals surface area contributed by atoms with Gasteiger partial charge in [-0.05, 0) is 11.6 Å². The molecule has 1 aliphatic heterocycles. The van der Waals surface area contributed by atoms with Gasteiger partial charge in [0.25, 0.3) is 0 Å². The van der Waals surface area contributed by atoms with Gasteiger partial charge in [-0.2, -0.15) is 0 Å². The van der Waals surface area contributed by atoms with E-state index in [-0.39, 0.29) is 0 Å². The summed E-state index contributed by atoms with van der Waals surface area (Å²) in [6, 6.07) is 6.77. The van der Waals surface area contributed by atoms with Crippen molar-refractivity contribution in [2.45, 2.75) is 16.2 Å². The lowest BCUT2D eigenvalue weighted by Crippen LogP contribution is -2.42. The molecular formula is C10H11N3O2S. The van der Waals surface area contributed by atoms with Crippen LogP contribution in [0.1, 0.15) is 11.5 Å². The maximum Gasteiger partial charge on any atom is 0.313 e. The van der Waals surface area contributed by atoms with Crippen LogP contribution in [0.15, 0.2) is 29.2 Å². The third-order valence-corrected chi connectivity index (χ3v) is 3.67. The first-order chi connectivity index (χ1) is 7.59. The van der Waals surface area contributed by atoms with Crippen LogP contribution in [-0.4, -0.2) is 17.3 Å². The monoisotopic (exact) mass is 237 g/mol. The Morgan fingerprint density at radius 2 is 1.94 bits per heavy atom. The summed E-state index contributed by atoms with van der Waals surface area (Å²) in [5, 5.41) is 2.11. The molecule has 0 aliphatic carbocycles. The lowest BCUT2D eigenvalue weighted by Gasteiger charge is -2.16. The molecular weight excluding hydrogens is 226 g/mol. The van der Waals surface area contributed by atoms with Crippen molar-refractivity contribution in [2.75, 3.05) is 0 Å². The molecule has 0 bridgehead atoms. The van der Waals surface area contributed by atoms with Gasteiger partial charge in [0.05, 0.1) is 11.3 Å². The smallest absolute Gasteiger partial charge is 0.313 e. The third kappa shape index (κ3) is 1.83. The van der Waals surface area contributed by atoms with Crippen molar-refractivity contribution < 1.29 is 9.59 Å². The Morgan fingerprint density at radius 3 is 2.56 bits per heavy atom. The summed E-state index contributed by atoms with van der Waals surface area (Å²) < 4.78 is 0. The summed E-state index contributed by atoms with van der Waals surface area (Å²) in [5.41, 5.74) is 11.2. The van der Waals surface area contributed by atoms with E-state index >= 15 is 0 Å². The number of hydrogen-bond acceptors (Lipinski definition) is 3. The number of urea groups is 1. The van der Waals surface area contributed by atoms with Crippen LogP contribution in [0.2, 0.25) is 0 Å². The van der Waals surface area contributed by atoms with Crippen LogP contribution in [0.3, 0.4) is 0 Å². The number of primary amides is 2. The van der Waals surface area contributed by atoms with E-state index in [4.69, 9.17) is 11.5 Å². The summed E-state index contributed by atoms with van der Waals surface area (Å²) >= 11 is 1.39. The molecule has 1 aromatic rings. The molecule has 0 saturated carbocycles. The minimum atomic E-state index is -0.656. The number of nitrogens with two attached hydrogens (primary N) is 2. The quantitative estimate of drug-likeness (QED) is 0.692. The van der Waals surface area contributed by atoms with Gasteiger partial charge in [0.2, 0.25) is 5.91 Å². The lowest BCUT2D eigenvalue weighted by atomic mass is 9.98. The zero-order chi connectivity index (χ0) is 11.7. The van der Waals surface area contributed by atoms with E-state index in [0.717, 1.165) is 10.5 Å². The lowest BCUT2D eigenvalue weighted by molar-refractivity contribution is -0.119. The van der Waals surface area contributed by atoms with Crippen LogP contribution in [0.4, 0.5) is 4.79 Å². The maximum atomic E-state index is 11.4. The Kier molecular flexibility index (Phi) is 2.74. The Morgan fingerprint density at radius 1 is 1.25 bits per heavy atom. The van der Waals surface area contributed by atoms with Gasteiger partial charge in [0.15, 0.2) is 0 Å². The van der Waals surface area contributed by atoms with Crippen molar-refractivity contribution >= 4 is 23.7 Å². The first-order valence-corrected chi connectivity index (χ1v) is 5.58. The summed E-state index contributed by atoms with van der Waals surface area (Å²) in [7, 11) is 0. The van der Waals surface area contributed by atoms with Gasteiger partial charge in [-0.15, -0.1) is 0 Å². The van der Waals surface area contributed by atoms with Gasteiger partial charge in [0, 0.05) is 4.90 Å². The highest BCUT2D eigenvalue weighted by Gasteiger charge is 2.37. The van der Waals surface area contributed by atoms with Crippen LogP contribution in [0, 0.1) is 0 Å². The van der Waals surface area contributed by atoms with Gasteiger partial charge in [-0.3, -0.25) is 4.79 Å². The number of amides is 3. The van der Waals surface area contributed by atoms with E-state index in [1.165, 1.54) is 11.8 Å². The van der Waals surface area contributed by atoms with Crippen LogP contribution in [0.5, 0.6) is 0 Å². The van der Waals surface area contributed by atoms with Crippen LogP contribution in [0.25, 0.3) is 0 Å². The Hall–Kier alpha value is -1.69. The van der Waals surface area contributed by atoms with Gasteiger partial charge < -0.3 is 16.8 Å². The first kappa shape index (κ1) is 10.8. The van der Waals surface area contributed by atoms with Crippen LogP contribution >= 0.6 is 11.8 Å². The highest BCUT2D eigenvalue weighted by atomic mass is 32.2. The third-order valence-electron chi connectivity index (χ3n) is 2.40. The van der Waals surface area contributed by atoms with Gasteiger partial charge in [-0.25, -0.2) is 4.79 Å². The fourth-order valence-corrected chi connectivity index (χ4v) is 3.12. The van der Waals surface area contributed by atoms with E-state index in [2.05, 4.69) is 5.32 Å². The zero-order valence-electron chi connectivity index (χ0n) is 8.34. The molecule has 5 N–H and O–H groups in total. The number of benzene rings is 1. The number of thioether (sulfide) groups is 1. The van der Waals surface area contributed by atoms with Crippen LogP contribution in [-0.2, 0) is 4.79 Å². The fraction of sp³-hybridized carbons (Fsp3) is 0.200. The molecule has 0 fully saturated rings. The molecule has 5 nitrogen and oxygen atoms in total. The molecule has 16 heavy (non-hydrogen) atoms.